The molecular weight excluding hydrogens is 260 g/mol. The average molecular weight is 292 g/mol. The summed E-state index contributed by atoms with van der Waals surface area (Å²) < 4.78 is 0. The summed E-state index contributed by atoms with van der Waals surface area (Å²) in [5.74, 6) is 2.26. The summed E-state index contributed by atoms with van der Waals surface area (Å²) in [6, 6.07) is 0. The molecule has 0 aliphatic heterocycles. The van der Waals surface area contributed by atoms with Crippen molar-refractivity contribution in [3.8, 4) is 0 Å². The van der Waals surface area contributed by atoms with Crippen LogP contribution >= 0.6 is 0 Å². The lowest BCUT2D eigenvalue weighted by Crippen LogP contribution is -2.60. The van der Waals surface area contributed by atoms with E-state index < -0.39 is 0 Å². The fraction of sp³-hybridized carbons (Fsp3) is 1.00. The third kappa shape index (κ3) is 1.84. The van der Waals surface area contributed by atoms with Crippen molar-refractivity contribution in [2.45, 2.75) is 83.8 Å². The smallest absolute Gasteiger partial charge is 0.0599 e. The maximum absolute atomic E-state index is 10.9. The molecule has 2 heteroatoms. The Hall–Kier alpha value is -0.0800. The van der Waals surface area contributed by atoms with Crippen molar-refractivity contribution in [2.24, 2.45) is 34.5 Å². The first-order valence-electron chi connectivity index (χ1n) is 9.33. The summed E-state index contributed by atoms with van der Waals surface area (Å²) in [6.07, 6.45) is 10.6. The SMILES string of the molecule is C[C@@]12CCC[C@H]1[C@@H]1C(O)CC3CCCC(O)[C@]3(C)[C@H]1CC2. The van der Waals surface area contributed by atoms with Gasteiger partial charge in [0.25, 0.3) is 0 Å². The van der Waals surface area contributed by atoms with Crippen molar-refractivity contribution in [3.63, 3.8) is 0 Å². The van der Waals surface area contributed by atoms with E-state index in [-0.39, 0.29) is 17.6 Å². The number of rotatable bonds is 0. The summed E-state index contributed by atoms with van der Waals surface area (Å²) in [4.78, 5) is 0. The predicted octanol–water partition coefficient (Wildman–Crippen LogP) is 3.75. The van der Waals surface area contributed by atoms with Gasteiger partial charge in [-0.2, -0.15) is 0 Å². The molecular formula is C19H32O2. The summed E-state index contributed by atoms with van der Waals surface area (Å²) in [5.41, 5.74) is 0.553. The number of aliphatic hydroxyl groups excluding tert-OH is 2. The lowest BCUT2D eigenvalue weighted by Gasteiger charge is -2.62. The van der Waals surface area contributed by atoms with Gasteiger partial charge >= 0.3 is 0 Å². The van der Waals surface area contributed by atoms with Gasteiger partial charge < -0.3 is 10.2 Å². The van der Waals surface area contributed by atoms with Gasteiger partial charge in [0, 0.05) is 0 Å². The maximum Gasteiger partial charge on any atom is 0.0599 e. The van der Waals surface area contributed by atoms with Crippen molar-refractivity contribution in [1.29, 1.82) is 0 Å². The van der Waals surface area contributed by atoms with Crippen molar-refractivity contribution >= 4 is 0 Å². The van der Waals surface area contributed by atoms with Gasteiger partial charge in [0.1, 0.15) is 0 Å². The molecule has 4 saturated carbocycles. The van der Waals surface area contributed by atoms with Crippen LogP contribution < -0.4 is 0 Å². The zero-order valence-corrected chi connectivity index (χ0v) is 13.7. The normalized spacial score (nSPS) is 60.0. The number of aliphatic hydroxyl groups is 2. The second-order valence-electron chi connectivity index (χ2n) is 9.19. The predicted molar refractivity (Wildman–Crippen MR) is 83.7 cm³/mol. The Kier molecular flexibility index (Phi) is 3.25. The Labute approximate surface area is 129 Å². The molecule has 4 aliphatic rings. The van der Waals surface area contributed by atoms with Gasteiger partial charge in [-0.15, -0.1) is 0 Å². The first-order chi connectivity index (χ1) is 9.97. The Morgan fingerprint density at radius 3 is 2.48 bits per heavy atom. The summed E-state index contributed by atoms with van der Waals surface area (Å²) in [7, 11) is 0. The highest BCUT2D eigenvalue weighted by Crippen LogP contribution is 2.66. The highest BCUT2D eigenvalue weighted by molar-refractivity contribution is 5.11. The molecule has 3 unspecified atom stereocenters. The van der Waals surface area contributed by atoms with E-state index in [1.807, 2.05) is 0 Å². The van der Waals surface area contributed by atoms with E-state index in [1.54, 1.807) is 0 Å². The minimum absolute atomic E-state index is 0.0755. The Morgan fingerprint density at radius 1 is 0.857 bits per heavy atom. The first kappa shape index (κ1) is 14.5. The van der Waals surface area contributed by atoms with Crippen LogP contribution in [0.3, 0.4) is 0 Å². The standard InChI is InChI=1S/C19H32O2/c1-18-9-4-6-13(18)17-14(8-10-18)19(2)12(11-15(17)20)5-3-7-16(19)21/h12-17,20-21H,3-11H2,1-2H3/t12?,13-,14-,15?,16?,17-,18-,19-/m0/s1. The number of hydrogen-bond donors (Lipinski definition) is 2. The van der Waals surface area contributed by atoms with E-state index in [0.717, 1.165) is 19.3 Å². The van der Waals surface area contributed by atoms with Crippen molar-refractivity contribution < 1.29 is 10.2 Å². The van der Waals surface area contributed by atoms with Gasteiger partial charge in [-0.05, 0) is 79.4 Å². The molecule has 4 rings (SSSR count). The van der Waals surface area contributed by atoms with Crippen LogP contribution in [0.2, 0.25) is 0 Å². The summed E-state index contributed by atoms with van der Waals surface area (Å²) in [5, 5.41) is 21.7. The van der Waals surface area contributed by atoms with Crippen molar-refractivity contribution in [2.75, 3.05) is 0 Å². The molecule has 0 saturated heterocycles. The largest absolute Gasteiger partial charge is 0.393 e. The zero-order valence-electron chi connectivity index (χ0n) is 13.7. The maximum atomic E-state index is 10.9. The molecule has 120 valence electrons. The van der Waals surface area contributed by atoms with E-state index in [9.17, 15) is 10.2 Å². The molecule has 21 heavy (non-hydrogen) atoms. The highest BCUT2D eigenvalue weighted by Gasteiger charge is 2.62. The van der Waals surface area contributed by atoms with Crippen LogP contribution in [0.25, 0.3) is 0 Å². The zero-order chi connectivity index (χ0) is 14.8. The monoisotopic (exact) mass is 292 g/mol. The quantitative estimate of drug-likeness (QED) is 0.714. The first-order valence-corrected chi connectivity index (χ1v) is 9.33. The van der Waals surface area contributed by atoms with Gasteiger partial charge in [0.2, 0.25) is 0 Å². The van der Waals surface area contributed by atoms with Gasteiger partial charge in [0.15, 0.2) is 0 Å². The molecule has 8 atom stereocenters. The van der Waals surface area contributed by atoms with Crippen LogP contribution in [-0.4, -0.2) is 22.4 Å². The van der Waals surface area contributed by atoms with Crippen LogP contribution in [0.15, 0.2) is 0 Å². The van der Waals surface area contributed by atoms with Crippen LogP contribution in [-0.2, 0) is 0 Å². The Morgan fingerprint density at radius 2 is 1.67 bits per heavy atom. The molecule has 0 heterocycles. The molecule has 2 nitrogen and oxygen atoms in total. The molecule has 0 spiro atoms. The molecule has 4 aliphatic carbocycles. The second kappa shape index (κ2) is 4.71. The van der Waals surface area contributed by atoms with Gasteiger partial charge in [-0.25, -0.2) is 0 Å². The second-order valence-corrected chi connectivity index (χ2v) is 9.19. The molecule has 0 radical (unpaired) electrons. The van der Waals surface area contributed by atoms with Gasteiger partial charge in [0.05, 0.1) is 12.2 Å². The number of hydrogen-bond acceptors (Lipinski definition) is 2. The van der Waals surface area contributed by atoms with Crippen LogP contribution in [0.5, 0.6) is 0 Å². The minimum Gasteiger partial charge on any atom is -0.393 e. The molecule has 0 amide bonds. The van der Waals surface area contributed by atoms with Crippen LogP contribution in [0.4, 0.5) is 0 Å². The summed E-state index contributed by atoms with van der Waals surface area (Å²) in [6.45, 7) is 4.84. The fourth-order valence-corrected chi connectivity index (χ4v) is 7.27. The Balaban J connectivity index is 1.72. The third-order valence-electron chi connectivity index (χ3n) is 8.51. The topological polar surface area (TPSA) is 40.5 Å². The summed E-state index contributed by atoms with van der Waals surface area (Å²) >= 11 is 0. The van der Waals surface area contributed by atoms with Crippen molar-refractivity contribution in [1.82, 2.24) is 0 Å². The molecule has 0 aromatic carbocycles. The lowest BCUT2D eigenvalue weighted by atomic mass is 9.44. The van der Waals surface area contributed by atoms with Gasteiger partial charge in [-0.1, -0.05) is 26.7 Å². The number of fused-ring (bicyclic) bond motifs is 5. The lowest BCUT2D eigenvalue weighted by molar-refractivity contribution is -0.195. The minimum atomic E-state index is -0.137. The third-order valence-corrected chi connectivity index (χ3v) is 8.51. The van der Waals surface area contributed by atoms with Crippen LogP contribution in [0, 0.1) is 34.5 Å². The Bertz CT molecular complexity index is 422. The van der Waals surface area contributed by atoms with E-state index in [1.165, 1.54) is 38.5 Å². The molecule has 2 N–H and O–H groups in total. The van der Waals surface area contributed by atoms with Gasteiger partial charge in [-0.3, -0.25) is 0 Å². The van der Waals surface area contributed by atoms with Crippen molar-refractivity contribution in [3.05, 3.63) is 0 Å². The average Bonchev–Trinajstić information content (AvgIpc) is 2.83. The van der Waals surface area contributed by atoms with Crippen LogP contribution in [0.1, 0.15) is 71.6 Å². The van der Waals surface area contributed by atoms with E-state index in [0.29, 0.717) is 29.1 Å². The van der Waals surface area contributed by atoms with E-state index in [2.05, 4.69) is 13.8 Å². The molecule has 4 fully saturated rings. The molecule has 0 aromatic rings. The molecule has 0 aromatic heterocycles. The van der Waals surface area contributed by atoms with E-state index >= 15 is 0 Å². The molecule has 0 bridgehead atoms. The highest BCUT2D eigenvalue weighted by atomic mass is 16.3. The fourth-order valence-electron chi connectivity index (χ4n) is 7.27. The van der Waals surface area contributed by atoms with E-state index in [4.69, 9.17) is 0 Å².